The van der Waals surface area contributed by atoms with E-state index in [-0.39, 0.29) is 5.91 Å². The second-order valence-corrected chi connectivity index (χ2v) is 6.86. The van der Waals surface area contributed by atoms with E-state index in [0.29, 0.717) is 30.4 Å². The van der Waals surface area contributed by atoms with Gasteiger partial charge in [0.05, 0.1) is 6.42 Å². The van der Waals surface area contributed by atoms with Gasteiger partial charge in [0, 0.05) is 36.9 Å². The number of piperidine rings is 1. The van der Waals surface area contributed by atoms with E-state index in [1.165, 1.54) is 6.20 Å². The molecule has 0 bridgehead atoms. The third-order valence-electron chi connectivity index (χ3n) is 4.20. The summed E-state index contributed by atoms with van der Waals surface area (Å²) < 4.78 is 0. The van der Waals surface area contributed by atoms with Crippen LogP contribution < -0.4 is 10.2 Å². The van der Waals surface area contributed by atoms with Gasteiger partial charge in [0.1, 0.15) is 6.07 Å². The molecule has 1 aliphatic rings. The smallest absolute Gasteiger partial charge is 0.225 e. The third kappa shape index (κ3) is 4.09. The molecule has 3 rings (SSSR count). The minimum absolute atomic E-state index is 0.0839. The summed E-state index contributed by atoms with van der Waals surface area (Å²) in [5.41, 5.74) is 0.375. The van der Waals surface area contributed by atoms with Gasteiger partial charge >= 0.3 is 0 Å². The zero-order valence-electron chi connectivity index (χ0n) is 13.3. The number of aromatic nitrogens is 2. The van der Waals surface area contributed by atoms with Gasteiger partial charge in [0.15, 0.2) is 11.5 Å². The molecule has 1 saturated heterocycles. The van der Waals surface area contributed by atoms with Gasteiger partial charge in [0.2, 0.25) is 5.91 Å². The Morgan fingerprint density at radius 1 is 1.38 bits per heavy atom. The lowest BCUT2D eigenvalue weighted by atomic mass is 9.96. The summed E-state index contributed by atoms with van der Waals surface area (Å²) in [5, 5.41) is 14.1. The van der Waals surface area contributed by atoms with E-state index >= 15 is 0 Å². The summed E-state index contributed by atoms with van der Waals surface area (Å²) in [6.07, 6.45) is 5.56. The summed E-state index contributed by atoms with van der Waals surface area (Å²) in [7, 11) is 0. The number of nitrogens with one attached hydrogen (secondary N) is 1. The van der Waals surface area contributed by atoms with Crippen LogP contribution in [0.2, 0.25) is 0 Å². The number of rotatable bonds is 5. The molecule has 1 amide bonds. The molecule has 0 aromatic carbocycles. The first-order chi connectivity index (χ1) is 11.8. The zero-order chi connectivity index (χ0) is 16.8. The third-order valence-corrected chi connectivity index (χ3v) is 5.08. The lowest BCUT2D eigenvalue weighted by Crippen LogP contribution is -2.39. The molecule has 2 aromatic rings. The number of anilines is 1. The Balaban J connectivity index is 1.45. The van der Waals surface area contributed by atoms with E-state index in [1.807, 2.05) is 17.5 Å². The largest absolute Gasteiger partial charge is 0.356 e. The van der Waals surface area contributed by atoms with Crippen LogP contribution in [0.15, 0.2) is 29.9 Å². The second kappa shape index (κ2) is 7.88. The summed E-state index contributed by atoms with van der Waals surface area (Å²) in [4.78, 5) is 23.5. The fraction of sp³-hybridized carbons (Fsp3) is 0.412. The van der Waals surface area contributed by atoms with Crippen molar-refractivity contribution < 1.29 is 4.79 Å². The van der Waals surface area contributed by atoms with Gasteiger partial charge in [-0.25, -0.2) is 9.97 Å². The Kier molecular flexibility index (Phi) is 5.39. The molecule has 0 spiro atoms. The monoisotopic (exact) mass is 341 g/mol. The number of amides is 1. The van der Waals surface area contributed by atoms with Gasteiger partial charge in [-0.3, -0.25) is 4.79 Å². The van der Waals surface area contributed by atoms with Crippen LogP contribution in [-0.4, -0.2) is 35.5 Å². The normalized spacial score (nSPS) is 15.0. The van der Waals surface area contributed by atoms with Crippen molar-refractivity contribution in [1.82, 2.24) is 15.3 Å². The van der Waals surface area contributed by atoms with Crippen LogP contribution in [0.5, 0.6) is 0 Å². The van der Waals surface area contributed by atoms with Crippen molar-refractivity contribution in [1.29, 1.82) is 5.26 Å². The van der Waals surface area contributed by atoms with Crippen molar-refractivity contribution in [3.8, 4) is 6.07 Å². The standard InChI is InChI=1S/C17H19N5OS/c18-11-15-17(20-6-5-19-15)22-7-3-13(4-8-22)12-21-16(23)10-14-2-1-9-24-14/h1-2,5-6,9,13H,3-4,7-8,10,12H2,(H,21,23). The highest BCUT2D eigenvalue weighted by Gasteiger charge is 2.22. The van der Waals surface area contributed by atoms with Crippen LogP contribution in [0.1, 0.15) is 23.4 Å². The first kappa shape index (κ1) is 16.4. The molecular weight excluding hydrogens is 322 g/mol. The quantitative estimate of drug-likeness (QED) is 0.899. The number of hydrogen-bond acceptors (Lipinski definition) is 6. The number of thiophene rings is 1. The molecule has 1 N–H and O–H groups in total. The van der Waals surface area contributed by atoms with Crippen molar-refractivity contribution in [2.45, 2.75) is 19.3 Å². The molecule has 0 unspecified atom stereocenters. The highest BCUT2D eigenvalue weighted by Crippen LogP contribution is 2.22. The van der Waals surface area contributed by atoms with Crippen LogP contribution in [0.3, 0.4) is 0 Å². The maximum Gasteiger partial charge on any atom is 0.225 e. The molecule has 3 heterocycles. The van der Waals surface area contributed by atoms with Gasteiger partial charge in [-0.1, -0.05) is 6.07 Å². The molecule has 0 radical (unpaired) electrons. The first-order valence-corrected chi connectivity index (χ1v) is 8.89. The van der Waals surface area contributed by atoms with E-state index in [9.17, 15) is 4.79 Å². The van der Waals surface area contributed by atoms with Crippen molar-refractivity contribution in [3.63, 3.8) is 0 Å². The highest BCUT2D eigenvalue weighted by molar-refractivity contribution is 7.10. The summed E-state index contributed by atoms with van der Waals surface area (Å²) in [6, 6.07) is 6.04. The molecular formula is C17H19N5OS. The Hall–Kier alpha value is -2.46. The topological polar surface area (TPSA) is 81.9 Å². The van der Waals surface area contributed by atoms with Crippen molar-refractivity contribution in [2.75, 3.05) is 24.5 Å². The number of nitrogens with zero attached hydrogens (tertiary/aromatic N) is 4. The Bertz CT molecular complexity index is 717. The molecule has 0 saturated carbocycles. The minimum atomic E-state index is 0.0839. The van der Waals surface area contributed by atoms with E-state index in [1.54, 1.807) is 17.5 Å². The Morgan fingerprint density at radius 3 is 2.88 bits per heavy atom. The molecule has 2 aromatic heterocycles. The predicted molar refractivity (Wildman–Crippen MR) is 92.7 cm³/mol. The highest BCUT2D eigenvalue weighted by atomic mass is 32.1. The number of carbonyl (C=O) groups is 1. The average Bonchev–Trinajstić information content (AvgIpc) is 3.13. The molecule has 0 atom stereocenters. The van der Waals surface area contributed by atoms with E-state index in [4.69, 9.17) is 5.26 Å². The molecule has 6 nitrogen and oxygen atoms in total. The number of hydrogen-bond donors (Lipinski definition) is 1. The minimum Gasteiger partial charge on any atom is -0.356 e. The molecule has 0 aliphatic carbocycles. The summed E-state index contributed by atoms with van der Waals surface area (Å²) in [6.45, 7) is 2.38. The maximum atomic E-state index is 12.0. The molecule has 1 aliphatic heterocycles. The average molecular weight is 341 g/mol. The maximum absolute atomic E-state index is 12.0. The Morgan fingerprint density at radius 2 is 2.17 bits per heavy atom. The fourth-order valence-electron chi connectivity index (χ4n) is 2.88. The van der Waals surface area contributed by atoms with Crippen LogP contribution in [-0.2, 0) is 11.2 Å². The zero-order valence-corrected chi connectivity index (χ0v) is 14.1. The Labute approximate surface area is 145 Å². The molecule has 7 heteroatoms. The molecule has 124 valence electrons. The second-order valence-electron chi connectivity index (χ2n) is 5.83. The number of carbonyl (C=O) groups excluding carboxylic acids is 1. The van der Waals surface area contributed by atoms with E-state index < -0.39 is 0 Å². The molecule has 1 fully saturated rings. The van der Waals surface area contributed by atoms with E-state index in [0.717, 1.165) is 30.8 Å². The van der Waals surface area contributed by atoms with Crippen LogP contribution in [0.4, 0.5) is 5.82 Å². The van der Waals surface area contributed by atoms with Gasteiger partial charge in [-0.05, 0) is 30.2 Å². The van der Waals surface area contributed by atoms with Crippen LogP contribution in [0, 0.1) is 17.2 Å². The van der Waals surface area contributed by atoms with Gasteiger partial charge in [-0.15, -0.1) is 11.3 Å². The van der Waals surface area contributed by atoms with Gasteiger partial charge < -0.3 is 10.2 Å². The van der Waals surface area contributed by atoms with Crippen molar-refractivity contribution in [3.05, 3.63) is 40.5 Å². The van der Waals surface area contributed by atoms with Gasteiger partial charge in [0.25, 0.3) is 0 Å². The summed E-state index contributed by atoms with van der Waals surface area (Å²) >= 11 is 1.61. The lowest BCUT2D eigenvalue weighted by Gasteiger charge is -2.32. The predicted octanol–water partition coefficient (Wildman–Crippen LogP) is 1.99. The van der Waals surface area contributed by atoms with E-state index in [2.05, 4.69) is 26.3 Å². The van der Waals surface area contributed by atoms with Crippen LogP contribution in [0.25, 0.3) is 0 Å². The molecule has 24 heavy (non-hydrogen) atoms. The van der Waals surface area contributed by atoms with Crippen molar-refractivity contribution in [2.24, 2.45) is 5.92 Å². The fourth-order valence-corrected chi connectivity index (χ4v) is 3.59. The SMILES string of the molecule is N#Cc1nccnc1N1CCC(CNC(=O)Cc2cccs2)CC1. The summed E-state index contributed by atoms with van der Waals surface area (Å²) in [5.74, 6) is 1.22. The van der Waals surface area contributed by atoms with Crippen LogP contribution >= 0.6 is 11.3 Å². The van der Waals surface area contributed by atoms with Gasteiger partial charge in [-0.2, -0.15) is 5.26 Å². The lowest BCUT2D eigenvalue weighted by molar-refractivity contribution is -0.120. The number of nitriles is 1. The van der Waals surface area contributed by atoms with Crippen molar-refractivity contribution >= 4 is 23.1 Å². The first-order valence-electron chi connectivity index (χ1n) is 8.01.